The summed E-state index contributed by atoms with van der Waals surface area (Å²) in [5, 5.41) is 0. The number of unbranched alkanes of at least 4 members (excludes halogenated alkanes) is 10. The van der Waals surface area contributed by atoms with Crippen LogP contribution in [0, 0.1) is 0 Å². The van der Waals surface area contributed by atoms with Crippen LogP contribution < -0.4 is 0 Å². The molecule has 2 rings (SSSR count). The van der Waals surface area contributed by atoms with Crippen molar-refractivity contribution in [1.29, 1.82) is 0 Å². The van der Waals surface area contributed by atoms with Gasteiger partial charge in [-0.2, -0.15) is 0 Å². The number of hydrogen-bond acceptors (Lipinski definition) is 0. The highest BCUT2D eigenvalue weighted by molar-refractivity contribution is 5.23. The topological polar surface area (TPSA) is 0 Å². The van der Waals surface area contributed by atoms with Gasteiger partial charge in [-0.05, 0) is 55.1 Å². The number of rotatable bonds is 19. The molecule has 0 heteroatoms. The maximum Gasteiger partial charge on any atom is -0.0156 e. The van der Waals surface area contributed by atoms with E-state index in [4.69, 9.17) is 0 Å². The van der Waals surface area contributed by atoms with E-state index in [0.29, 0.717) is 11.8 Å². The van der Waals surface area contributed by atoms with Crippen LogP contribution in [0.3, 0.4) is 0 Å². The summed E-state index contributed by atoms with van der Waals surface area (Å²) in [4.78, 5) is 0. The predicted molar refractivity (Wildman–Crippen MR) is 143 cm³/mol. The molecule has 32 heavy (non-hydrogen) atoms. The zero-order valence-electron chi connectivity index (χ0n) is 20.8. The molecule has 0 aliphatic heterocycles. The van der Waals surface area contributed by atoms with Gasteiger partial charge in [-0.25, -0.2) is 0 Å². The molecule has 0 fully saturated rings. The minimum Gasteiger partial charge on any atom is -0.103 e. The van der Waals surface area contributed by atoms with Crippen molar-refractivity contribution in [1.82, 2.24) is 0 Å². The smallest absolute Gasteiger partial charge is 0.0156 e. The molecule has 0 radical (unpaired) electrons. The maximum atomic E-state index is 3.82. The lowest BCUT2D eigenvalue weighted by Gasteiger charge is -2.25. The van der Waals surface area contributed by atoms with E-state index in [-0.39, 0.29) is 0 Å². The molecule has 0 aromatic heterocycles. The highest BCUT2D eigenvalue weighted by atomic mass is 14.2. The van der Waals surface area contributed by atoms with E-state index in [1.165, 1.54) is 96.3 Å². The fourth-order valence-electron chi connectivity index (χ4n) is 5.02. The van der Waals surface area contributed by atoms with Crippen molar-refractivity contribution in [2.45, 2.75) is 115 Å². The molecule has 0 bridgehead atoms. The van der Waals surface area contributed by atoms with E-state index in [1.807, 2.05) is 0 Å². The molecule has 176 valence electrons. The van der Waals surface area contributed by atoms with E-state index in [1.54, 1.807) is 11.1 Å². The Morgan fingerprint density at radius 2 is 1.03 bits per heavy atom. The van der Waals surface area contributed by atoms with Gasteiger partial charge >= 0.3 is 0 Å². The molecule has 0 heterocycles. The van der Waals surface area contributed by atoms with Crippen molar-refractivity contribution < 1.29 is 0 Å². The summed E-state index contributed by atoms with van der Waals surface area (Å²) in [5.41, 5.74) is 3.09. The second-order valence-electron chi connectivity index (χ2n) is 9.64. The van der Waals surface area contributed by atoms with Crippen molar-refractivity contribution >= 4 is 0 Å². The molecule has 0 N–H and O–H groups in total. The molecule has 0 amide bonds. The van der Waals surface area contributed by atoms with Gasteiger partial charge in [0.25, 0.3) is 0 Å². The maximum absolute atomic E-state index is 3.82. The third-order valence-electron chi connectivity index (χ3n) is 6.98. The van der Waals surface area contributed by atoms with Gasteiger partial charge in [-0.15, -0.1) is 6.58 Å². The Morgan fingerprint density at radius 3 is 1.50 bits per heavy atom. The molecule has 2 aromatic rings. The average Bonchev–Trinajstić information content (AvgIpc) is 2.84. The molecule has 2 atom stereocenters. The zero-order valence-corrected chi connectivity index (χ0v) is 20.8. The summed E-state index contributed by atoms with van der Waals surface area (Å²) >= 11 is 0. The summed E-state index contributed by atoms with van der Waals surface area (Å²) < 4.78 is 0. The standard InChI is InChI=1S/C32H48/c1-3-5-7-8-9-10-11-12-13-17-27-32(30-24-20-15-21-25-30)28-31(26-16-6-4-2)29-22-18-14-19-23-29/h3,14-15,18-25,31-32H,1,4-13,16-17,26-28H2,2H3. The Balaban J connectivity index is 1.85. The highest BCUT2D eigenvalue weighted by Crippen LogP contribution is 2.36. The second kappa shape index (κ2) is 17.7. The fourth-order valence-corrected chi connectivity index (χ4v) is 5.02. The van der Waals surface area contributed by atoms with Crippen LogP contribution in [-0.4, -0.2) is 0 Å². The molecular weight excluding hydrogens is 384 g/mol. The van der Waals surface area contributed by atoms with Gasteiger partial charge in [0.05, 0.1) is 0 Å². The molecule has 0 aliphatic carbocycles. The Bertz CT molecular complexity index is 672. The molecule has 0 saturated heterocycles. The number of benzene rings is 2. The minimum atomic E-state index is 0.682. The first kappa shape index (κ1) is 26.4. The third kappa shape index (κ3) is 11.2. The summed E-state index contributed by atoms with van der Waals surface area (Å²) in [6.07, 6.45) is 22.3. The largest absolute Gasteiger partial charge is 0.103 e. The lowest BCUT2D eigenvalue weighted by molar-refractivity contribution is 0.447. The molecular formula is C32H48. The van der Waals surface area contributed by atoms with Gasteiger partial charge in [-0.1, -0.05) is 138 Å². The lowest BCUT2D eigenvalue weighted by atomic mass is 9.80. The third-order valence-corrected chi connectivity index (χ3v) is 6.98. The van der Waals surface area contributed by atoms with E-state index >= 15 is 0 Å². The predicted octanol–water partition coefficient (Wildman–Crippen LogP) is 10.6. The van der Waals surface area contributed by atoms with Crippen LogP contribution in [0.2, 0.25) is 0 Å². The van der Waals surface area contributed by atoms with Gasteiger partial charge < -0.3 is 0 Å². The van der Waals surface area contributed by atoms with Gasteiger partial charge in [0.1, 0.15) is 0 Å². The first-order chi connectivity index (χ1) is 15.8. The van der Waals surface area contributed by atoms with Crippen molar-refractivity contribution in [3.63, 3.8) is 0 Å². The molecule has 2 aromatic carbocycles. The summed E-state index contributed by atoms with van der Waals surface area (Å²) in [6.45, 7) is 6.13. The van der Waals surface area contributed by atoms with Crippen LogP contribution in [0.4, 0.5) is 0 Å². The number of allylic oxidation sites excluding steroid dienone is 1. The normalized spacial score (nSPS) is 13.0. The van der Waals surface area contributed by atoms with Crippen LogP contribution in [-0.2, 0) is 0 Å². The minimum absolute atomic E-state index is 0.682. The van der Waals surface area contributed by atoms with E-state index < -0.39 is 0 Å². The summed E-state index contributed by atoms with van der Waals surface area (Å²) in [7, 11) is 0. The van der Waals surface area contributed by atoms with Gasteiger partial charge in [0, 0.05) is 0 Å². The first-order valence-electron chi connectivity index (χ1n) is 13.6. The van der Waals surface area contributed by atoms with Gasteiger partial charge in [0.2, 0.25) is 0 Å². The second-order valence-corrected chi connectivity index (χ2v) is 9.64. The van der Waals surface area contributed by atoms with E-state index in [2.05, 4.69) is 80.2 Å². The highest BCUT2D eigenvalue weighted by Gasteiger charge is 2.19. The van der Waals surface area contributed by atoms with E-state index in [9.17, 15) is 0 Å². The van der Waals surface area contributed by atoms with Crippen molar-refractivity contribution in [2.24, 2.45) is 0 Å². The lowest BCUT2D eigenvalue weighted by Crippen LogP contribution is -2.08. The Kier molecular flexibility index (Phi) is 14.6. The fraction of sp³-hybridized carbons (Fsp3) is 0.562. The SMILES string of the molecule is C=CCCCCCCCCCCC(CC(CCCCC)c1ccccc1)c1ccccc1. The van der Waals surface area contributed by atoms with Crippen LogP contribution in [0.5, 0.6) is 0 Å². The first-order valence-corrected chi connectivity index (χ1v) is 13.6. The van der Waals surface area contributed by atoms with Crippen LogP contribution in [0.25, 0.3) is 0 Å². The molecule has 0 nitrogen and oxygen atoms in total. The van der Waals surface area contributed by atoms with Crippen molar-refractivity contribution in [3.8, 4) is 0 Å². The zero-order chi connectivity index (χ0) is 22.7. The monoisotopic (exact) mass is 432 g/mol. The van der Waals surface area contributed by atoms with Crippen LogP contribution in [0.1, 0.15) is 126 Å². The van der Waals surface area contributed by atoms with E-state index in [0.717, 1.165) is 0 Å². The quantitative estimate of drug-likeness (QED) is 0.153. The van der Waals surface area contributed by atoms with Crippen molar-refractivity contribution in [2.75, 3.05) is 0 Å². The van der Waals surface area contributed by atoms with Gasteiger partial charge in [0.15, 0.2) is 0 Å². The number of hydrogen-bond donors (Lipinski definition) is 0. The van der Waals surface area contributed by atoms with Crippen LogP contribution >= 0.6 is 0 Å². The Morgan fingerprint density at radius 1 is 0.594 bits per heavy atom. The summed E-state index contributed by atoms with van der Waals surface area (Å²) in [6, 6.07) is 22.6. The molecule has 0 saturated carbocycles. The molecule has 0 aliphatic rings. The van der Waals surface area contributed by atoms with Gasteiger partial charge in [-0.3, -0.25) is 0 Å². The Hall–Kier alpha value is -1.82. The molecule has 2 unspecified atom stereocenters. The summed E-state index contributed by atoms with van der Waals surface area (Å²) in [5.74, 6) is 1.37. The average molecular weight is 433 g/mol. The Labute approximate surface area is 199 Å². The molecule has 0 spiro atoms. The van der Waals surface area contributed by atoms with Crippen molar-refractivity contribution in [3.05, 3.63) is 84.4 Å². The van der Waals surface area contributed by atoms with Crippen LogP contribution in [0.15, 0.2) is 73.3 Å².